The van der Waals surface area contributed by atoms with Gasteiger partial charge in [-0.25, -0.2) is 0 Å². The summed E-state index contributed by atoms with van der Waals surface area (Å²) in [5.41, 5.74) is 0. The third kappa shape index (κ3) is 2.91. The molecule has 58 valence electrons. The number of rotatable bonds is 3. The molecular weight excluding hydrogens is 205 g/mol. The van der Waals surface area contributed by atoms with Gasteiger partial charge in [-0.2, -0.15) is 0 Å². The molecule has 1 rings (SSSR count). The number of aromatic nitrogens is 1. The van der Waals surface area contributed by atoms with E-state index in [0.717, 1.165) is 4.35 Å². The quantitative estimate of drug-likeness (QED) is 0.671. The fourth-order valence-corrected chi connectivity index (χ4v) is 0.886. The monoisotopic (exact) mass is 213 g/mol. The molecule has 0 aliphatic carbocycles. The first-order valence-corrected chi connectivity index (χ1v) is 4.15. The Balaban J connectivity index is 2.52. The summed E-state index contributed by atoms with van der Waals surface area (Å²) in [6.45, 7) is 0.316. The molecule has 0 fully saturated rings. The maximum atomic E-state index is 8.43. The molecule has 0 bridgehead atoms. The van der Waals surface area contributed by atoms with E-state index in [9.17, 15) is 0 Å². The molecule has 0 aromatic carbocycles. The molecule has 4 heteroatoms. The van der Waals surface area contributed by atoms with Crippen molar-refractivity contribution < 1.29 is 9.84 Å². The van der Waals surface area contributed by atoms with Gasteiger partial charge in [-0.15, -0.1) is 0 Å². The number of nitrogens with zero attached hydrogens (tertiary/aromatic N) is 1. The Morgan fingerprint density at radius 1 is 1.55 bits per heavy atom. The van der Waals surface area contributed by atoms with Crippen LogP contribution in [0.5, 0.6) is 5.88 Å². The Hall–Kier alpha value is -0.532. The number of aliphatic hydroxyl groups excluding tert-OH is 1. The van der Waals surface area contributed by atoms with Crippen LogP contribution in [0.1, 0.15) is 0 Å². The van der Waals surface area contributed by atoms with Crippen molar-refractivity contribution in [2.75, 3.05) is 13.2 Å². The maximum absolute atomic E-state index is 8.43. The SMILES string of the molecule is OCCOc1ccc([As])cn1. The van der Waals surface area contributed by atoms with Gasteiger partial charge < -0.3 is 0 Å². The molecule has 0 aliphatic rings. The van der Waals surface area contributed by atoms with Crippen LogP contribution in [0, 0.1) is 0 Å². The average molecular weight is 213 g/mol. The van der Waals surface area contributed by atoms with Crippen LogP contribution in [0.25, 0.3) is 0 Å². The molecule has 0 atom stereocenters. The first kappa shape index (κ1) is 8.56. The van der Waals surface area contributed by atoms with E-state index < -0.39 is 0 Å². The van der Waals surface area contributed by atoms with Crippen molar-refractivity contribution in [3.63, 3.8) is 0 Å². The summed E-state index contributed by atoms with van der Waals surface area (Å²) in [6, 6.07) is 3.66. The Bertz CT molecular complexity index is 212. The molecule has 2 radical (unpaired) electrons. The van der Waals surface area contributed by atoms with E-state index in [1.54, 1.807) is 12.3 Å². The topological polar surface area (TPSA) is 42.4 Å². The first-order chi connectivity index (χ1) is 5.33. The molecule has 0 saturated heterocycles. The Morgan fingerprint density at radius 3 is 2.91 bits per heavy atom. The van der Waals surface area contributed by atoms with E-state index >= 15 is 0 Å². The van der Waals surface area contributed by atoms with Crippen LogP contribution in [-0.4, -0.2) is 40.2 Å². The van der Waals surface area contributed by atoms with Gasteiger partial charge in [-0.3, -0.25) is 0 Å². The van der Waals surface area contributed by atoms with Gasteiger partial charge in [0.05, 0.1) is 0 Å². The van der Waals surface area contributed by atoms with Gasteiger partial charge in [0.25, 0.3) is 0 Å². The molecule has 0 amide bonds. The molecule has 1 aromatic heterocycles. The van der Waals surface area contributed by atoms with Crippen LogP contribution in [-0.2, 0) is 0 Å². The standard InChI is InChI=1S/C7H8AsNO2/c8-6-1-2-7(9-5-6)11-4-3-10/h1-2,5,10H,3-4H2. The fraction of sp³-hybridized carbons (Fsp3) is 0.286. The van der Waals surface area contributed by atoms with Crippen LogP contribution >= 0.6 is 0 Å². The van der Waals surface area contributed by atoms with E-state index in [4.69, 9.17) is 9.84 Å². The van der Waals surface area contributed by atoms with E-state index in [-0.39, 0.29) is 6.61 Å². The van der Waals surface area contributed by atoms with E-state index in [0.29, 0.717) is 12.5 Å². The average Bonchev–Trinajstić information content (AvgIpc) is 2.04. The van der Waals surface area contributed by atoms with Gasteiger partial charge >= 0.3 is 73.5 Å². The zero-order valence-electron chi connectivity index (χ0n) is 5.90. The number of ether oxygens (including phenoxy) is 1. The van der Waals surface area contributed by atoms with Crippen molar-refractivity contribution in [1.29, 1.82) is 0 Å². The number of hydrogen-bond acceptors (Lipinski definition) is 3. The third-order valence-electron chi connectivity index (χ3n) is 1.06. The van der Waals surface area contributed by atoms with E-state index in [2.05, 4.69) is 21.8 Å². The summed E-state index contributed by atoms with van der Waals surface area (Å²) >= 11 is 2.39. The summed E-state index contributed by atoms with van der Waals surface area (Å²) in [7, 11) is 0. The molecule has 0 saturated carbocycles. The minimum absolute atomic E-state index is 0.0195. The summed E-state index contributed by atoms with van der Waals surface area (Å²) < 4.78 is 6.08. The van der Waals surface area contributed by atoms with Gasteiger partial charge in [-0.05, 0) is 0 Å². The van der Waals surface area contributed by atoms with Gasteiger partial charge in [0.1, 0.15) is 0 Å². The second-order valence-corrected chi connectivity index (χ2v) is 3.01. The number of pyridine rings is 1. The fourth-order valence-electron chi connectivity index (χ4n) is 0.608. The second-order valence-electron chi connectivity index (χ2n) is 1.93. The van der Waals surface area contributed by atoms with Crippen molar-refractivity contribution in [2.45, 2.75) is 0 Å². The summed E-state index contributed by atoms with van der Waals surface area (Å²) in [4.78, 5) is 3.97. The predicted octanol–water partition coefficient (Wildman–Crippen LogP) is -0.754. The van der Waals surface area contributed by atoms with Crippen molar-refractivity contribution in [3.05, 3.63) is 18.3 Å². The Labute approximate surface area is 73.9 Å². The van der Waals surface area contributed by atoms with Crippen molar-refractivity contribution in [3.8, 4) is 5.88 Å². The molecule has 1 heterocycles. The van der Waals surface area contributed by atoms with Gasteiger partial charge in [0.15, 0.2) is 0 Å². The van der Waals surface area contributed by atoms with Crippen molar-refractivity contribution in [2.24, 2.45) is 0 Å². The molecule has 0 aliphatic heterocycles. The number of aliphatic hydroxyl groups is 1. The van der Waals surface area contributed by atoms with Crippen molar-refractivity contribution >= 4 is 21.2 Å². The van der Waals surface area contributed by atoms with E-state index in [1.807, 2.05) is 6.07 Å². The van der Waals surface area contributed by atoms with Crippen LogP contribution in [0.4, 0.5) is 0 Å². The van der Waals surface area contributed by atoms with Crippen LogP contribution in [0.3, 0.4) is 0 Å². The molecule has 0 spiro atoms. The van der Waals surface area contributed by atoms with Gasteiger partial charge in [-0.1, -0.05) is 0 Å². The minimum atomic E-state index is 0.0195. The molecule has 3 nitrogen and oxygen atoms in total. The van der Waals surface area contributed by atoms with Gasteiger partial charge in [0, 0.05) is 0 Å². The zero-order chi connectivity index (χ0) is 8.10. The molecule has 1 aromatic rings. The third-order valence-corrected chi connectivity index (χ3v) is 1.62. The molecule has 11 heavy (non-hydrogen) atoms. The van der Waals surface area contributed by atoms with E-state index in [1.165, 1.54) is 0 Å². The van der Waals surface area contributed by atoms with Crippen LogP contribution < -0.4 is 9.09 Å². The molecule has 1 N–H and O–H groups in total. The first-order valence-electron chi connectivity index (χ1n) is 3.21. The van der Waals surface area contributed by atoms with Crippen LogP contribution in [0.15, 0.2) is 18.3 Å². The second kappa shape index (κ2) is 4.37. The summed E-state index contributed by atoms with van der Waals surface area (Å²) in [5.74, 6) is 0.550. The zero-order valence-corrected chi connectivity index (χ0v) is 7.77. The molecule has 0 unspecified atom stereocenters. The van der Waals surface area contributed by atoms with Gasteiger partial charge in [0.2, 0.25) is 0 Å². The number of hydrogen-bond donors (Lipinski definition) is 1. The summed E-state index contributed by atoms with van der Waals surface area (Å²) in [6.07, 6.45) is 1.70. The Kier molecular flexibility index (Phi) is 3.40. The van der Waals surface area contributed by atoms with Crippen molar-refractivity contribution in [1.82, 2.24) is 4.98 Å². The predicted molar refractivity (Wildman–Crippen MR) is 42.2 cm³/mol. The molecular formula is C7H8AsNO2. The van der Waals surface area contributed by atoms with Crippen LogP contribution in [0.2, 0.25) is 0 Å². The summed E-state index contributed by atoms with van der Waals surface area (Å²) in [5, 5.41) is 8.43. The Morgan fingerprint density at radius 2 is 2.36 bits per heavy atom. The normalized spacial score (nSPS) is 9.64.